The first-order chi connectivity index (χ1) is 26.5. The molecule has 2 aliphatic carbocycles. The SMILES string of the molecule is C#Cc1c(F)ccc2cc(O)cc(-c3nc(OC)c4c(N5CCOCC(O)C5)nc(OCC56CCCC5N(CC57CCOC(C)(C5)C7)CCC6)nc4c3F)c12. The van der Waals surface area contributed by atoms with E-state index in [4.69, 9.17) is 35.3 Å². The quantitative estimate of drug-likeness (QED) is 0.206. The number of likely N-dealkylation sites (tertiary alicyclic amines) is 1. The zero-order valence-electron chi connectivity index (χ0n) is 31.4. The Kier molecular flexibility index (Phi) is 9.03. The van der Waals surface area contributed by atoms with Crippen LogP contribution in [-0.2, 0) is 9.47 Å². The minimum Gasteiger partial charge on any atom is -0.508 e. The van der Waals surface area contributed by atoms with Crippen molar-refractivity contribution in [3.63, 3.8) is 0 Å². The van der Waals surface area contributed by atoms with Crippen LogP contribution >= 0.6 is 0 Å². The van der Waals surface area contributed by atoms with Gasteiger partial charge in [0.05, 0.1) is 44.2 Å². The molecule has 2 N–H and O–H groups in total. The number of ether oxygens (including phenoxy) is 4. The molecule has 0 radical (unpaired) electrons. The van der Waals surface area contributed by atoms with Gasteiger partial charge >= 0.3 is 6.01 Å². The van der Waals surface area contributed by atoms with Crippen LogP contribution in [0.5, 0.6) is 17.6 Å². The molecule has 2 saturated carbocycles. The van der Waals surface area contributed by atoms with Gasteiger partial charge in [-0.15, -0.1) is 6.42 Å². The van der Waals surface area contributed by atoms with Crippen LogP contribution in [0.1, 0.15) is 63.9 Å². The van der Waals surface area contributed by atoms with Gasteiger partial charge in [-0.3, -0.25) is 4.90 Å². The highest BCUT2D eigenvalue weighted by Crippen LogP contribution is 2.58. The van der Waals surface area contributed by atoms with Crippen molar-refractivity contribution in [2.24, 2.45) is 10.8 Å². The smallest absolute Gasteiger partial charge is 0.319 e. The molecule has 3 unspecified atom stereocenters. The molecule has 0 amide bonds. The second kappa shape index (κ2) is 13.7. The Bertz CT molecular complexity index is 2210. The van der Waals surface area contributed by atoms with Gasteiger partial charge in [-0.05, 0) is 87.4 Å². The Morgan fingerprint density at radius 3 is 2.69 bits per heavy atom. The number of phenolic OH excluding ortho intramolecular Hbond substituents is 1. The van der Waals surface area contributed by atoms with Gasteiger partial charge in [0, 0.05) is 48.6 Å². The number of anilines is 1. The average molecular weight is 756 g/mol. The highest BCUT2D eigenvalue weighted by atomic mass is 19.1. The molecule has 11 nitrogen and oxygen atoms in total. The normalized spacial score (nSPS) is 29.4. The molecule has 2 aromatic heterocycles. The fourth-order valence-corrected chi connectivity index (χ4v) is 10.8. The number of terminal acetylenes is 1. The van der Waals surface area contributed by atoms with Gasteiger partial charge in [0.2, 0.25) is 5.88 Å². The number of piperidine rings is 1. The standard InChI is InChI=1S/C42H47F2N5O6/c1-4-28-30(43)9-8-25-17-26(50)18-29(32(25)28)35-34(44)36-33(38(45-35)52-3)37(48-14-16-53-20-27(51)19-48)47-39(46-36)54-24-42-10-5-7-31(42)49(13-6-11-42)23-41-12-15-55-40(2,21-41)22-41/h1,8-9,17-18,27,31,50-51H,5-7,10-16,19-24H2,2-3H3. The molecule has 3 atom stereocenters. The van der Waals surface area contributed by atoms with Crippen molar-refractivity contribution >= 4 is 27.5 Å². The Morgan fingerprint density at radius 1 is 1.05 bits per heavy atom. The number of hydrogen-bond acceptors (Lipinski definition) is 11. The Labute approximate surface area is 318 Å². The number of aliphatic hydroxyl groups excluding tert-OH is 1. The zero-order valence-corrected chi connectivity index (χ0v) is 31.4. The molecule has 2 bridgehead atoms. The maximum atomic E-state index is 17.3. The summed E-state index contributed by atoms with van der Waals surface area (Å²) in [5.41, 5.74) is -0.152. The summed E-state index contributed by atoms with van der Waals surface area (Å²) in [6.45, 7) is 6.54. The van der Waals surface area contributed by atoms with E-state index in [1.807, 2.05) is 4.90 Å². The van der Waals surface area contributed by atoms with Gasteiger partial charge in [-0.2, -0.15) is 9.97 Å². The van der Waals surface area contributed by atoms with Crippen molar-refractivity contribution in [3.05, 3.63) is 41.5 Å². The van der Waals surface area contributed by atoms with Crippen molar-refractivity contribution in [1.82, 2.24) is 19.9 Å². The minimum atomic E-state index is -0.848. The third kappa shape index (κ3) is 6.22. The van der Waals surface area contributed by atoms with Crippen LogP contribution in [0.2, 0.25) is 0 Å². The van der Waals surface area contributed by atoms with Crippen LogP contribution in [0.4, 0.5) is 14.6 Å². The summed E-state index contributed by atoms with van der Waals surface area (Å²) < 4.78 is 56.5. The van der Waals surface area contributed by atoms with Crippen molar-refractivity contribution in [1.29, 1.82) is 0 Å². The van der Waals surface area contributed by atoms with E-state index in [1.54, 1.807) is 0 Å². The Hall–Kier alpha value is -4.35. The van der Waals surface area contributed by atoms with Gasteiger partial charge in [0.15, 0.2) is 5.82 Å². The number of aromatic hydroxyl groups is 1. The first-order valence-corrected chi connectivity index (χ1v) is 19.4. The van der Waals surface area contributed by atoms with E-state index < -0.39 is 17.7 Å². The number of fused-ring (bicyclic) bond motifs is 5. The van der Waals surface area contributed by atoms with Crippen LogP contribution in [0.25, 0.3) is 32.9 Å². The molecular weight excluding hydrogens is 708 g/mol. The average Bonchev–Trinajstić information content (AvgIpc) is 3.48. The number of methoxy groups -OCH3 is 1. The van der Waals surface area contributed by atoms with E-state index in [-0.39, 0.29) is 80.7 Å². The van der Waals surface area contributed by atoms with E-state index in [9.17, 15) is 10.2 Å². The summed E-state index contributed by atoms with van der Waals surface area (Å²) in [5.74, 6) is 0.976. The van der Waals surface area contributed by atoms with Crippen LogP contribution in [0.3, 0.4) is 0 Å². The molecule has 4 aliphatic heterocycles. The predicted octanol–water partition coefficient (Wildman–Crippen LogP) is 5.99. The summed E-state index contributed by atoms with van der Waals surface area (Å²) in [5, 5.41) is 22.3. The molecule has 55 heavy (non-hydrogen) atoms. The molecule has 0 spiro atoms. The third-order valence-corrected chi connectivity index (χ3v) is 12.9. The molecule has 13 heteroatoms. The van der Waals surface area contributed by atoms with Gasteiger partial charge in [0.25, 0.3) is 0 Å². The second-order valence-corrected chi connectivity index (χ2v) is 16.7. The summed E-state index contributed by atoms with van der Waals surface area (Å²) in [7, 11) is 1.41. The summed E-state index contributed by atoms with van der Waals surface area (Å²) in [6.07, 6.45) is 13.6. The molecule has 10 rings (SSSR count). The first kappa shape index (κ1) is 36.3. The van der Waals surface area contributed by atoms with Crippen LogP contribution in [-0.4, -0.2) is 108 Å². The van der Waals surface area contributed by atoms with Crippen LogP contribution in [0, 0.1) is 34.8 Å². The van der Waals surface area contributed by atoms with Gasteiger partial charge in [-0.25, -0.2) is 13.8 Å². The number of β-amino-alcohol motifs (C(OH)–C–C–N with tert-alkyl or cyclic N) is 1. The molecule has 6 aliphatic rings. The van der Waals surface area contributed by atoms with Gasteiger partial charge < -0.3 is 34.1 Å². The van der Waals surface area contributed by atoms with Crippen molar-refractivity contribution < 1.29 is 37.9 Å². The molecule has 4 saturated heterocycles. The summed E-state index contributed by atoms with van der Waals surface area (Å²) in [4.78, 5) is 18.7. The minimum absolute atomic E-state index is 0.000267. The molecule has 290 valence electrons. The topological polar surface area (TPSA) is 123 Å². The van der Waals surface area contributed by atoms with E-state index in [2.05, 4.69) is 22.7 Å². The predicted molar refractivity (Wildman–Crippen MR) is 202 cm³/mol. The van der Waals surface area contributed by atoms with E-state index >= 15 is 8.78 Å². The zero-order chi connectivity index (χ0) is 38.1. The lowest BCUT2D eigenvalue weighted by atomic mass is 9.56. The molecule has 6 heterocycles. The molecular formula is C42H47F2N5O6. The first-order valence-electron chi connectivity index (χ1n) is 19.4. The number of nitrogens with zero attached hydrogens (tertiary/aromatic N) is 5. The van der Waals surface area contributed by atoms with E-state index in [1.165, 1.54) is 31.4 Å². The summed E-state index contributed by atoms with van der Waals surface area (Å²) >= 11 is 0. The molecule has 2 aromatic carbocycles. The maximum absolute atomic E-state index is 17.3. The lowest BCUT2D eigenvalue weighted by Gasteiger charge is -2.61. The highest BCUT2D eigenvalue weighted by Gasteiger charge is 2.58. The van der Waals surface area contributed by atoms with Gasteiger partial charge in [-0.1, -0.05) is 18.4 Å². The van der Waals surface area contributed by atoms with Crippen molar-refractivity contribution in [3.8, 4) is 41.2 Å². The second-order valence-electron chi connectivity index (χ2n) is 16.7. The molecule has 6 fully saturated rings. The monoisotopic (exact) mass is 755 g/mol. The third-order valence-electron chi connectivity index (χ3n) is 12.9. The van der Waals surface area contributed by atoms with Crippen molar-refractivity contribution in [2.45, 2.75) is 76.0 Å². The van der Waals surface area contributed by atoms with Crippen molar-refractivity contribution in [2.75, 3.05) is 64.6 Å². The van der Waals surface area contributed by atoms with Crippen LogP contribution in [0.15, 0.2) is 24.3 Å². The molecule has 4 aromatic rings. The highest BCUT2D eigenvalue weighted by molar-refractivity contribution is 6.04. The fourth-order valence-electron chi connectivity index (χ4n) is 10.8. The van der Waals surface area contributed by atoms with E-state index in [0.29, 0.717) is 36.6 Å². The largest absolute Gasteiger partial charge is 0.508 e. The number of pyridine rings is 1. The Balaban J connectivity index is 1.13. The Morgan fingerprint density at radius 2 is 1.89 bits per heavy atom. The summed E-state index contributed by atoms with van der Waals surface area (Å²) in [6, 6.07) is 5.77. The number of rotatable bonds is 8. The lowest BCUT2D eigenvalue weighted by molar-refractivity contribution is -0.224. The van der Waals surface area contributed by atoms with Crippen LogP contribution < -0.4 is 14.4 Å². The number of phenols is 1. The number of benzene rings is 2. The number of aliphatic hydroxyl groups is 1. The number of aromatic nitrogens is 3. The van der Waals surface area contributed by atoms with E-state index in [0.717, 1.165) is 71.1 Å². The maximum Gasteiger partial charge on any atom is 0.319 e. The number of halogens is 2. The lowest BCUT2D eigenvalue weighted by Crippen LogP contribution is -2.63. The van der Waals surface area contributed by atoms with Gasteiger partial charge in [0.1, 0.15) is 34.0 Å². The fraction of sp³-hybridized carbons (Fsp3) is 0.548. The number of hydrogen-bond donors (Lipinski definition) is 2.